The molecule has 2 aliphatic heterocycles. The Morgan fingerprint density at radius 3 is 2.67 bits per heavy atom. The highest BCUT2D eigenvalue weighted by Gasteiger charge is 2.35. The average molecular weight is 397 g/mol. The predicted molar refractivity (Wildman–Crippen MR) is 95.0 cm³/mol. The molecule has 0 N–H and O–H groups in total. The van der Waals surface area contributed by atoms with Gasteiger partial charge >= 0.3 is 11.9 Å². The lowest BCUT2D eigenvalue weighted by Gasteiger charge is -2.32. The molecule has 9 heteroatoms. The minimum Gasteiger partial charge on any atom is -0.495 e. The number of rotatable bonds is 5. The molecule has 8 nitrogen and oxygen atoms in total. The molecule has 0 aliphatic carbocycles. The van der Waals surface area contributed by atoms with E-state index in [0.717, 1.165) is 19.3 Å². The maximum atomic E-state index is 13.2. The standard InChI is InChI=1S/C18H23NO7S/c1-12-5-3-4-9-19(12)27(22,23)16-11-13(6-7-14(16)24-2)17(20)26-15-8-10-25-18(15)21/h6-7,11-12,15H,3-5,8-10H2,1-2H3/t12-,15-/m0/s1. The summed E-state index contributed by atoms with van der Waals surface area (Å²) in [5.74, 6) is -1.21. The summed E-state index contributed by atoms with van der Waals surface area (Å²) < 4.78 is 42.9. The van der Waals surface area contributed by atoms with Crippen LogP contribution >= 0.6 is 0 Å². The lowest BCUT2D eigenvalue weighted by Crippen LogP contribution is -2.42. The number of carbonyl (C=O) groups excluding carboxylic acids is 2. The van der Waals surface area contributed by atoms with Gasteiger partial charge < -0.3 is 14.2 Å². The van der Waals surface area contributed by atoms with E-state index in [4.69, 9.17) is 14.2 Å². The Balaban J connectivity index is 1.91. The molecule has 2 atom stereocenters. The Kier molecular flexibility index (Phi) is 5.71. The Bertz CT molecular complexity index is 836. The number of nitrogens with zero attached hydrogens (tertiary/aromatic N) is 1. The molecule has 0 amide bonds. The second-order valence-electron chi connectivity index (χ2n) is 6.68. The molecule has 1 aromatic carbocycles. The third kappa shape index (κ3) is 3.93. The maximum Gasteiger partial charge on any atom is 0.347 e. The predicted octanol–water partition coefficient (Wildman–Crippen LogP) is 1.73. The number of hydrogen-bond donors (Lipinski definition) is 0. The fourth-order valence-corrected chi connectivity index (χ4v) is 5.22. The first kappa shape index (κ1) is 19.6. The molecule has 0 bridgehead atoms. The van der Waals surface area contributed by atoms with Crippen molar-refractivity contribution < 1.29 is 32.2 Å². The van der Waals surface area contributed by atoms with E-state index in [-0.39, 0.29) is 35.3 Å². The van der Waals surface area contributed by atoms with E-state index in [9.17, 15) is 18.0 Å². The van der Waals surface area contributed by atoms with Gasteiger partial charge in [0.15, 0.2) is 0 Å². The average Bonchev–Trinajstić information content (AvgIpc) is 3.06. The van der Waals surface area contributed by atoms with Crippen LogP contribution in [0.2, 0.25) is 0 Å². The molecule has 2 aliphatic rings. The van der Waals surface area contributed by atoms with E-state index in [2.05, 4.69) is 0 Å². The van der Waals surface area contributed by atoms with E-state index >= 15 is 0 Å². The number of cyclic esters (lactones) is 1. The number of sulfonamides is 1. The Morgan fingerprint density at radius 1 is 1.26 bits per heavy atom. The van der Waals surface area contributed by atoms with Gasteiger partial charge in [0.2, 0.25) is 16.1 Å². The van der Waals surface area contributed by atoms with Gasteiger partial charge in [-0.25, -0.2) is 18.0 Å². The van der Waals surface area contributed by atoms with Crippen molar-refractivity contribution >= 4 is 22.0 Å². The summed E-state index contributed by atoms with van der Waals surface area (Å²) in [4.78, 5) is 23.8. The number of carbonyl (C=O) groups is 2. The monoisotopic (exact) mass is 397 g/mol. The minimum absolute atomic E-state index is 0.0405. The molecular weight excluding hydrogens is 374 g/mol. The summed E-state index contributed by atoms with van der Waals surface area (Å²) in [5, 5.41) is 0. The molecule has 3 rings (SSSR count). The lowest BCUT2D eigenvalue weighted by molar-refractivity contribution is -0.145. The van der Waals surface area contributed by atoms with Gasteiger partial charge in [-0.3, -0.25) is 0 Å². The van der Waals surface area contributed by atoms with Crippen molar-refractivity contribution in [1.29, 1.82) is 0 Å². The largest absolute Gasteiger partial charge is 0.495 e. The van der Waals surface area contributed by atoms with Crippen LogP contribution in [0.1, 0.15) is 43.0 Å². The summed E-state index contributed by atoms with van der Waals surface area (Å²) in [6, 6.07) is 3.96. The van der Waals surface area contributed by atoms with Gasteiger partial charge in [-0.05, 0) is 38.0 Å². The van der Waals surface area contributed by atoms with Crippen LogP contribution in [-0.4, -0.2) is 57.1 Å². The first-order valence-corrected chi connectivity index (χ1v) is 10.4. The fourth-order valence-electron chi connectivity index (χ4n) is 3.34. The molecule has 0 saturated carbocycles. The molecule has 0 unspecified atom stereocenters. The molecule has 148 valence electrons. The van der Waals surface area contributed by atoms with Gasteiger partial charge in [-0.15, -0.1) is 0 Å². The van der Waals surface area contributed by atoms with Crippen molar-refractivity contribution in [3.05, 3.63) is 23.8 Å². The van der Waals surface area contributed by atoms with E-state index in [0.29, 0.717) is 6.54 Å². The number of hydrogen-bond acceptors (Lipinski definition) is 7. The summed E-state index contributed by atoms with van der Waals surface area (Å²) >= 11 is 0. The normalized spacial score (nSPS) is 23.7. The van der Waals surface area contributed by atoms with Crippen molar-refractivity contribution in [3.63, 3.8) is 0 Å². The summed E-state index contributed by atoms with van der Waals surface area (Å²) in [7, 11) is -2.46. The number of esters is 2. The molecule has 2 fully saturated rings. The summed E-state index contributed by atoms with van der Waals surface area (Å²) in [6.07, 6.45) is 1.89. The third-order valence-electron chi connectivity index (χ3n) is 4.86. The van der Waals surface area contributed by atoms with Gasteiger partial charge in [0.1, 0.15) is 10.6 Å². The molecule has 0 radical (unpaired) electrons. The van der Waals surface area contributed by atoms with Crippen LogP contribution in [0.15, 0.2) is 23.1 Å². The number of ether oxygens (including phenoxy) is 3. The maximum absolute atomic E-state index is 13.2. The summed E-state index contributed by atoms with van der Waals surface area (Å²) in [6.45, 7) is 2.49. The number of piperidine rings is 1. The first-order valence-electron chi connectivity index (χ1n) is 8.92. The van der Waals surface area contributed by atoms with Crippen molar-refractivity contribution in [2.45, 2.75) is 49.6 Å². The van der Waals surface area contributed by atoms with Crippen LogP contribution in [0.4, 0.5) is 0 Å². The molecular formula is C18H23NO7S. The molecule has 27 heavy (non-hydrogen) atoms. The van der Waals surface area contributed by atoms with Crippen molar-refractivity contribution in [3.8, 4) is 5.75 Å². The van der Waals surface area contributed by atoms with Crippen LogP contribution in [-0.2, 0) is 24.3 Å². The van der Waals surface area contributed by atoms with Crippen LogP contribution in [0.3, 0.4) is 0 Å². The van der Waals surface area contributed by atoms with E-state index in [1.54, 1.807) is 0 Å². The van der Waals surface area contributed by atoms with Gasteiger partial charge in [0.25, 0.3) is 0 Å². The van der Waals surface area contributed by atoms with Crippen LogP contribution in [0.25, 0.3) is 0 Å². The zero-order valence-corrected chi connectivity index (χ0v) is 16.2. The third-order valence-corrected chi connectivity index (χ3v) is 6.90. The topological polar surface area (TPSA) is 99.2 Å². The van der Waals surface area contributed by atoms with Gasteiger partial charge in [-0.1, -0.05) is 6.42 Å². The number of methoxy groups -OCH3 is 1. The fraction of sp³-hybridized carbons (Fsp3) is 0.556. The van der Waals surface area contributed by atoms with Crippen LogP contribution in [0, 0.1) is 0 Å². The van der Waals surface area contributed by atoms with Crippen LogP contribution < -0.4 is 4.74 Å². The van der Waals surface area contributed by atoms with E-state index < -0.39 is 28.1 Å². The van der Waals surface area contributed by atoms with E-state index in [1.165, 1.54) is 29.6 Å². The zero-order valence-electron chi connectivity index (χ0n) is 15.3. The molecule has 0 aromatic heterocycles. The van der Waals surface area contributed by atoms with Crippen molar-refractivity contribution in [2.24, 2.45) is 0 Å². The second kappa shape index (κ2) is 7.85. The van der Waals surface area contributed by atoms with E-state index in [1.807, 2.05) is 6.92 Å². The SMILES string of the molecule is COc1ccc(C(=O)O[C@H]2CCOC2=O)cc1S(=O)(=O)N1CCCC[C@@H]1C. The molecule has 2 heterocycles. The molecule has 2 saturated heterocycles. The quantitative estimate of drug-likeness (QED) is 0.698. The van der Waals surface area contributed by atoms with Crippen molar-refractivity contribution in [1.82, 2.24) is 4.31 Å². The van der Waals surface area contributed by atoms with Gasteiger partial charge in [0.05, 0.1) is 19.3 Å². The Morgan fingerprint density at radius 2 is 2.04 bits per heavy atom. The smallest absolute Gasteiger partial charge is 0.347 e. The van der Waals surface area contributed by atoms with Crippen LogP contribution in [0.5, 0.6) is 5.75 Å². The number of benzene rings is 1. The zero-order chi connectivity index (χ0) is 19.6. The highest BCUT2D eigenvalue weighted by atomic mass is 32.2. The second-order valence-corrected chi connectivity index (χ2v) is 8.54. The van der Waals surface area contributed by atoms with Gasteiger partial charge in [0, 0.05) is 19.0 Å². The van der Waals surface area contributed by atoms with Crippen molar-refractivity contribution in [2.75, 3.05) is 20.3 Å². The minimum atomic E-state index is -3.84. The summed E-state index contributed by atoms with van der Waals surface area (Å²) in [5.41, 5.74) is 0.0405. The Hall–Kier alpha value is -2.13. The first-order chi connectivity index (χ1) is 12.8. The molecule has 0 spiro atoms. The Labute approximate surface area is 158 Å². The lowest BCUT2D eigenvalue weighted by atomic mass is 10.1. The highest BCUT2D eigenvalue weighted by molar-refractivity contribution is 7.89. The van der Waals surface area contributed by atoms with Gasteiger partial charge in [-0.2, -0.15) is 4.31 Å². The highest BCUT2D eigenvalue weighted by Crippen LogP contribution is 2.32. The molecule has 1 aromatic rings.